The smallest absolute Gasteiger partial charge is 0.263 e. The number of aryl methyl sites for hydroxylation is 1. The van der Waals surface area contributed by atoms with Crippen molar-refractivity contribution in [3.05, 3.63) is 59.9 Å². The normalized spacial score (nSPS) is 10.5. The third-order valence-electron chi connectivity index (χ3n) is 3.95. The van der Waals surface area contributed by atoms with E-state index in [1.54, 1.807) is 12.4 Å². The van der Waals surface area contributed by atoms with Crippen LogP contribution in [0.15, 0.2) is 48.8 Å². The van der Waals surface area contributed by atoms with Crippen molar-refractivity contribution in [1.29, 1.82) is 0 Å². The van der Waals surface area contributed by atoms with E-state index in [4.69, 9.17) is 4.74 Å². The Bertz CT molecular complexity index is 859. The first-order valence-corrected chi connectivity index (χ1v) is 8.15. The van der Waals surface area contributed by atoms with Crippen molar-refractivity contribution in [1.82, 2.24) is 15.2 Å². The van der Waals surface area contributed by atoms with Gasteiger partial charge in [-0.2, -0.15) is 5.10 Å². The number of hydrogen-bond donors (Lipinski definition) is 2. The molecule has 0 radical (unpaired) electrons. The molecule has 0 atom stereocenters. The Morgan fingerprint density at radius 2 is 1.96 bits per heavy atom. The number of nitrogens with zero attached hydrogens (tertiary/aromatic N) is 2. The topological polar surface area (TPSA) is 79.9 Å². The van der Waals surface area contributed by atoms with Gasteiger partial charge in [0.2, 0.25) is 0 Å². The number of anilines is 1. The third kappa shape index (κ3) is 3.85. The fourth-order valence-electron chi connectivity index (χ4n) is 2.57. The molecule has 6 nitrogen and oxygen atoms in total. The molecular formula is C19H20N4O2. The van der Waals surface area contributed by atoms with Crippen molar-refractivity contribution >= 4 is 11.7 Å². The number of aromatic amines is 1. The highest BCUT2D eigenvalue weighted by Gasteiger charge is 2.14. The van der Waals surface area contributed by atoms with Gasteiger partial charge in [0.15, 0.2) is 12.4 Å². The van der Waals surface area contributed by atoms with Gasteiger partial charge in [-0.25, -0.2) is 0 Å². The zero-order chi connectivity index (χ0) is 17.6. The Kier molecular flexibility index (Phi) is 5.09. The maximum Gasteiger partial charge on any atom is 0.263 e. The fourth-order valence-corrected chi connectivity index (χ4v) is 2.57. The lowest BCUT2D eigenvalue weighted by Crippen LogP contribution is -2.21. The first kappa shape index (κ1) is 16.7. The number of para-hydroxylation sites is 1. The van der Waals surface area contributed by atoms with Gasteiger partial charge >= 0.3 is 0 Å². The molecule has 2 aromatic heterocycles. The fraction of sp³-hybridized carbons (Fsp3) is 0.211. The highest BCUT2D eigenvalue weighted by molar-refractivity contribution is 5.92. The molecule has 0 bridgehead atoms. The van der Waals surface area contributed by atoms with Crippen molar-refractivity contribution in [2.75, 3.05) is 11.9 Å². The quantitative estimate of drug-likeness (QED) is 0.723. The summed E-state index contributed by atoms with van der Waals surface area (Å²) in [7, 11) is 0. The molecule has 0 aliphatic rings. The highest BCUT2D eigenvalue weighted by atomic mass is 16.5. The van der Waals surface area contributed by atoms with Crippen LogP contribution in [-0.4, -0.2) is 27.7 Å². The summed E-state index contributed by atoms with van der Waals surface area (Å²) in [5.74, 6) is 0.988. The zero-order valence-corrected chi connectivity index (χ0v) is 14.2. The average molecular weight is 336 g/mol. The second kappa shape index (κ2) is 7.61. The molecule has 3 rings (SSSR count). The van der Waals surface area contributed by atoms with E-state index in [0.29, 0.717) is 5.82 Å². The lowest BCUT2D eigenvalue weighted by atomic mass is 10.1. The Balaban J connectivity index is 1.65. The van der Waals surface area contributed by atoms with E-state index < -0.39 is 0 Å². The van der Waals surface area contributed by atoms with E-state index in [1.807, 2.05) is 43.3 Å². The van der Waals surface area contributed by atoms with Crippen molar-refractivity contribution in [2.45, 2.75) is 20.3 Å². The maximum absolute atomic E-state index is 12.2. The molecule has 0 unspecified atom stereocenters. The number of nitrogens with one attached hydrogen (secondary N) is 2. The summed E-state index contributed by atoms with van der Waals surface area (Å²) in [5, 5.41) is 9.93. The van der Waals surface area contributed by atoms with E-state index in [2.05, 4.69) is 27.4 Å². The first-order valence-electron chi connectivity index (χ1n) is 8.15. The highest BCUT2D eigenvalue weighted by Crippen LogP contribution is 2.25. The number of ether oxygens (including phenoxy) is 1. The lowest BCUT2D eigenvalue weighted by Gasteiger charge is -2.10. The van der Waals surface area contributed by atoms with Crippen LogP contribution in [0.25, 0.3) is 11.3 Å². The molecule has 2 N–H and O–H groups in total. The molecule has 0 saturated carbocycles. The summed E-state index contributed by atoms with van der Waals surface area (Å²) >= 11 is 0. The van der Waals surface area contributed by atoms with Gasteiger partial charge < -0.3 is 10.1 Å². The molecular weight excluding hydrogens is 316 g/mol. The van der Waals surface area contributed by atoms with Crippen LogP contribution < -0.4 is 10.1 Å². The molecule has 0 aliphatic heterocycles. The number of carbonyl (C=O) groups excluding carboxylic acids is 1. The second-order valence-electron chi connectivity index (χ2n) is 5.61. The van der Waals surface area contributed by atoms with E-state index in [1.165, 1.54) is 0 Å². The SMILES string of the molecule is CCc1ccccc1OCC(=O)Nc1n[nH]c(-c2ccncc2)c1C. The van der Waals surface area contributed by atoms with Crippen molar-refractivity contribution in [3.8, 4) is 17.0 Å². The van der Waals surface area contributed by atoms with Crippen LogP contribution in [0, 0.1) is 6.92 Å². The van der Waals surface area contributed by atoms with Gasteiger partial charge in [0, 0.05) is 23.5 Å². The van der Waals surface area contributed by atoms with E-state index in [-0.39, 0.29) is 12.5 Å². The molecule has 0 saturated heterocycles. The number of carbonyl (C=O) groups is 1. The summed E-state index contributed by atoms with van der Waals surface area (Å²) in [6.07, 6.45) is 4.28. The Labute approximate surface area is 146 Å². The molecule has 2 heterocycles. The van der Waals surface area contributed by atoms with Crippen LogP contribution in [-0.2, 0) is 11.2 Å². The molecule has 0 aliphatic carbocycles. The van der Waals surface area contributed by atoms with Gasteiger partial charge in [-0.05, 0) is 37.1 Å². The minimum Gasteiger partial charge on any atom is -0.483 e. The number of amides is 1. The summed E-state index contributed by atoms with van der Waals surface area (Å²) in [5.41, 5.74) is 3.77. The number of rotatable bonds is 6. The number of hydrogen-bond acceptors (Lipinski definition) is 4. The largest absolute Gasteiger partial charge is 0.483 e. The Morgan fingerprint density at radius 1 is 1.20 bits per heavy atom. The van der Waals surface area contributed by atoms with Crippen molar-refractivity contribution in [2.24, 2.45) is 0 Å². The third-order valence-corrected chi connectivity index (χ3v) is 3.95. The molecule has 25 heavy (non-hydrogen) atoms. The van der Waals surface area contributed by atoms with Crippen LogP contribution in [0.3, 0.4) is 0 Å². The molecule has 1 aromatic carbocycles. The number of H-pyrrole nitrogens is 1. The lowest BCUT2D eigenvalue weighted by molar-refractivity contribution is -0.118. The van der Waals surface area contributed by atoms with Crippen LogP contribution in [0.1, 0.15) is 18.1 Å². The summed E-state index contributed by atoms with van der Waals surface area (Å²) in [6, 6.07) is 11.5. The molecule has 0 spiro atoms. The van der Waals surface area contributed by atoms with Gasteiger partial charge in [-0.1, -0.05) is 25.1 Å². The Morgan fingerprint density at radius 3 is 2.72 bits per heavy atom. The summed E-state index contributed by atoms with van der Waals surface area (Å²) in [4.78, 5) is 16.2. The minimum absolute atomic E-state index is 0.0616. The minimum atomic E-state index is -0.248. The van der Waals surface area contributed by atoms with Gasteiger partial charge in [-0.3, -0.25) is 14.9 Å². The Hall–Kier alpha value is -3.15. The van der Waals surface area contributed by atoms with E-state index >= 15 is 0 Å². The van der Waals surface area contributed by atoms with Crippen molar-refractivity contribution < 1.29 is 9.53 Å². The number of pyridine rings is 1. The molecule has 3 aromatic rings. The summed E-state index contributed by atoms with van der Waals surface area (Å²) in [6.45, 7) is 3.89. The predicted molar refractivity (Wildman–Crippen MR) is 96.5 cm³/mol. The molecule has 0 fully saturated rings. The second-order valence-corrected chi connectivity index (χ2v) is 5.61. The monoisotopic (exact) mass is 336 g/mol. The average Bonchev–Trinajstić information content (AvgIpc) is 3.01. The van der Waals surface area contributed by atoms with Crippen molar-refractivity contribution in [3.63, 3.8) is 0 Å². The van der Waals surface area contributed by atoms with Gasteiger partial charge in [0.05, 0.1) is 5.69 Å². The zero-order valence-electron chi connectivity index (χ0n) is 14.2. The van der Waals surface area contributed by atoms with Crippen LogP contribution >= 0.6 is 0 Å². The first-order chi connectivity index (χ1) is 12.2. The van der Waals surface area contributed by atoms with Gasteiger partial charge in [0.25, 0.3) is 5.91 Å². The van der Waals surface area contributed by atoms with Crippen LogP contribution in [0.5, 0.6) is 5.75 Å². The van der Waals surface area contributed by atoms with Gasteiger partial charge in [-0.15, -0.1) is 0 Å². The standard InChI is InChI=1S/C19H20N4O2/c1-3-14-6-4-5-7-16(14)25-12-17(24)21-19-13(2)18(22-23-19)15-8-10-20-11-9-15/h4-11H,3,12H2,1-2H3,(H2,21,22,23,24). The van der Waals surface area contributed by atoms with E-state index in [0.717, 1.165) is 34.6 Å². The molecule has 1 amide bonds. The van der Waals surface area contributed by atoms with E-state index in [9.17, 15) is 4.79 Å². The van der Waals surface area contributed by atoms with Crippen LogP contribution in [0.4, 0.5) is 5.82 Å². The predicted octanol–water partition coefficient (Wildman–Crippen LogP) is 3.36. The number of aromatic nitrogens is 3. The molecule has 128 valence electrons. The number of benzene rings is 1. The van der Waals surface area contributed by atoms with Gasteiger partial charge in [0.1, 0.15) is 5.75 Å². The summed E-state index contributed by atoms with van der Waals surface area (Å²) < 4.78 is 5.64. The van der Waals surface area contributed by atoms with Crippen LogP contribution in [0.2, 0.25) is 0 Å². The maximum atomic E-state index is 12.2. The molecule has 6 heteroatoms.